The fraction of sp³-hybridized carbons (Fsp3) is 0.700. The molecule has 6 heteroatoms. The van der Waals surface area contributed by atoms with E-state index in [1.165, 1.54) is 12.6 Å². The number of carbonyl (C=O) groups excluding carboxylic acids is 1. The molecule has 0 aliphatic heterocycles. The van der Waals surface area contributed by atoms with Gasteiger partial charge in [-0.25, -0.2) is 0 Å². The van der Waals surface area contributed by atoms with Gasteiger partial charge in [0.05, 0.1) is 11.6 Å². The summed E-state index contributed by atoms with van der Waals surface area (Å²) >= 11 is 7.36. The second-order valence-corrected chi connectivity index (χ2v) is 5.36. The van der Waals surface area contributed by atoms with Crippen LogP contribution in [0.15, 0.2) is 6.20 Å². The first-order chi connectivity index (χ1) is 7.77. The molecule has 16 heavy (non-hydrogen) atoms. The summed E-state index contributed by atoms with van der Waals surface area (Å²) in [6.07, 6.45) is 6.93. The number of hydrogen-bond donors (Lipinski definition) is 1. The standard InChI is InChI=1S/C10H14ClN3OS/c11-7-4-2-1-3-5-8(7)13-10(15)9-6-12-14-16-9/h6-8H,1-5H2,(H,13,15). The average molecular weight is 260 g/mol. The Kier molecular flexibility index (Phi) is 4.12. The van der Waals surface area contributed by atoms with Gasteiger partial charge in [0, 0.05) is 6.04 Å². The van der Waals surface area contributed by atoms with Crippen LogP contribution in [0.5, 0.6) is 0 Å². The van der Waals surface area contributed by atoms with E-state index in [0.717, 1.165) is 37.2 Å². The fourth-order valence-electron chi connectivity index (χ4n) is 1.93. The SMILES string of the molecule is O=C(NC1CCCCCC1Cl)c1cnns1. The van der Waals surface area contributed by atoms with Crippen molar-refractivity contribution in [1.29, 1.82) is 0 Å². The highest BCUT2D eigenvalue weighted by Gasteiger charge is 2.24. The molecule has 2 atom stereocenters. The normalized spacial score (nSPS) is 26.1. The minimum absolute atomic E-state index is 0.0485. The molecule has 0 spiro atoms. The van der Waals surface area contributed by atoms with Crippen LogP contribution in [0, 0.1) is 0 Å². The van der Waals surface area contributed by atoms with Crippen molar-refractivity contribution in [3.63, 3.8) is 0 Å². The largest absolute Gasteiger partial charge is 0.347 e. The summed E-state index contributed by atoms with van der Waals surface area (Å²) in [5.41, 5.74) is 0. The highest BCUT2D eigenvalue weighted by Crippen LogP contribution is 2.22. The van der Waals surface area contributed by atoms with E-state index in [0.29, 0.717) is 4.88 Å². The molecular formula is C10H14ClN3OS. The van der Waals surface area contributed by atoms with Crippen molar-refractivity contribution in [2.45, 2.75) is 43.5 Å². The zero-order valence-corrected chi connectivity index (χ0v) is 10.4. The van der Waals surface area contributed by atoms with Gasteiger partial charge in [-0.05, 0) is 24.4 Å². The number of hydrogen-bond acceptors (Lipinski definition) is 4. The van der Waals surface area contributed by atoms with Gasteiger partial charge in [0.25, 0.3) is 5.91 Å². The van der Waals surface area contributed by atoms with Crippen LogP contribution < -0.4 is 5.32 Å². The lowest BCUT2D eigenvalue weighted by Gasteiger charge is -2.20. The van der Waals surface area contributed by atoms with Crippen molar-refractivity contribution in [3.8, 4) is 0 Å². The van der Waals surface area contributed by atoms with Gasteiger partial charge in [0.15, 0.2) is 0 Å². The van der Waals surface area contributed by atoms with Gasteiger partial charge in [0.2, 0.25) is 0 Å². The maximum atomic E-state index is 11.8. The zero-order valence-electron chi connectivity index (χ0n) is 8.86. The molecule has 1 fully saturated rings. The van der Waals surface area contributed by atoms with Crippen molar-refractivity contribution in [2.24, 2.45) is 0 Å². The Morgan fingerprint density at radius 1 is 1.44 bits per heavy atom. The molecule has 0 bridgehead atoms. The molecule has 4 nitrogen and oxygen atoms in total. The number of nitrogens with one attached hydrogen (secondary N) is 1. The maximum absolute atomic E-state index is 11.8. The van der Waals surface area contributed by atoms with Crippen LogP contribution in [-0.4, -0.2) is 26.9 Å². The van der Waals surface area contributed by atoms with Crippen molar-refractivity contribution >= 4 is 29.0 Å². The molecule has 2 rings (SSSR count). The predicted molar refractivity (Wildman–Crippen MR) is 63.9 cm³/mol. The molecule has 1 saturated carbocycles. The summed E-state index contributed by atoms with van der Waals surface area (Å²) < 4.78 is 3.67. The van der Waals surface area contributed by atoms with E-state index in [2.05, 4.69) is 14.9 Å². The second kappa shape index (κ2) is 5.59. The lowest BCUT2D eigenvalue weighted by atomic mass is 10.1. The number of rotatable bonds is 2. The highest BCUT2D eigenvalue weighted by molar-refractivity contribution is 7.07. The molecule has 0 radical (unpaired) electrons. The van der Waals surface area contributed by atoms with Gasteiger partial charge >= 0.3 is 0 Å². The van der Waals surface area contributed by atoms with Gasteiger partial charge in [-0.3, -0.25) is 4.79 Å². The van der Waals surface area contributed by atoms with Gasteiger partial charge in [-0.2, -0.15) is 0 Å². The van der Waals surface area contributed by atoms with Gasteiger partial charge < -0.3 is 5.32 Å². The maximum Gasteiger partial charge on any atom is 0.264 e. The van der Waals surface area contributed by atoms with E-state index >= 15 is 0 Å². The number of alkyl halides is 1. The first-order valence-electron chi connectivity index (χ1n) is 5.49. The number of halogens is 1. The van der Waals surface area contributed by atoms with Crippen molar-refractivity contribution < 1.29 is 4.79 Å². The van der Waals surface area contributed by atoms with E-state index < -0.39 is 0 Å². The quantitative estimate of drug-likeness (QED) is 0.654. The Morgan fingerprint density at radius 3 is 3.00 bits per heavy atom. The monoisotopic (exact) mass is 259 g/mol. The number of nitrogens with zero attached hydrogens (tertiary/aromatic N) is 2. The molecule has 1 aliphatic rings. The summed E-state index contributed by atoms with van der Waals surface area (Å²) in [5.74, 6) is -0.104. The third-order valence-electron chi connectivity index (χ3n) is 2.83. The van der Waals surface area contributed by atoms with Crippen molar-refractivity contribution in [3.05, 3.63) is 11.1 Å². The number of amides is 1. The Hall–Kier alpha value is -0.680. The lowest BCUT2D eigenvalue weighted by Crippen LogP contribution is -2.40. The Morgan fingerprint density at radius 2 is 2.25 bits per heavy atom. The Labute approximate surface area is 104 Å². The predicted octanol–water partition coefficient (Wildman–Crippen LogP) is 2.21. The van der Waals surface area contributed by atoms with Crippen LogP contribution in [0.25, 0.3) is 0 Å². The van der Waals surface area contributed by atoms with E-state index in [9.17, 15) is 4.79 Å². The van der Waals surface area contributed by atoms with E-state index in [1.807, 2.05) is 0 Å². The third-order valence-corrected chi connectivity index (χ3v) is 4.02. The molecule has 1 aromatic heterocycles. The molecule has 1 aliphatic carbocycles. The van der Waals surface area contributed by atoms with Gasteiger partial charge in [-0.15, -0.1) is 16.7 Å². The fourth-order valence-corrected chi connectivity index (χ4v) is 2.69. The van der Waals surface area contributed by atoms with Crippen LogP contribution in [-0.2, 0) is 0 Å². The molecular weight excluding hydrogens is 246 g/mol. The van der Waals surface area contributed by atoms with Gasteiger partial charge in [-0.1, -0.05) is 23.8 Å². The van der Waals surface area contributed by atoms with Crippen LogP contribution in [0.2, 0.25) is 0 Å². The molecule has 0 saturated heterocycles. The summed E-state index contributed by atoms with van der Waals surface area (Å²) in [4.78, 5) is 12.3. The summed E-state index contributed by atoms with van der Waals surface area (Å²) in [6.45, 7) is 0. The van der Waals surface area contributed by atoms with E-state index in [4.69, 9.17) is 11.6 Å². The Balaban J connectivity index is 1.95. The molecule has 2 unspecified atom stereocenters. The summed E-state index contributed by atoms with van der Waals surface area (Å²) in [6, 6.07) is 0.0822. The first-order valence-corrected chi connectivity index (χ1v) is 6.70. The van der Waals surface area contributed by atoms with Crippen LogP contribution in [0.3, 0.4) is 0 Å². The smallest absolute Gasteiger partial charge is 0.264 e. The van der Waals surface area contributed by atoms with Crippen LogP contribution >= 0.6 is 23.1 Å². The summed E-state index contributed by atoms with van der Waals surface area (Å²) in [7, 11) is 0. The number of aromatic nitrogens is 2. The molecule has 1 N–H and O–H groups in total. The van der Waals surface area contributed by atoms with Gasteiger partial charge in [0.1, 0.15) is 4.88 Å². The topological polar surface area (TPSA) is 54.9 Å². The third kappa shape index (κ3) is 2.92. The minimum Gasteiger partial charge on any atom is -0.347 e. The molecule has 88 valence electrons. The zero-order chi connectivity index (χ0) is 11.4. The van der Waals surface area contributed by atoms with E-state index in [-0.39, 0.29) is 17.3 Å². The minimum atomic E-state index is -0.104. The molecule has 1 aromatic rings. The number of carbonyl (C=O) groups is 1. The van der Waals surface area contributed by atoms with Crippen LogP contribution in [0.1, 0.15) is 41.8 Å². The van der Waals surface area contributed by atoms with Crippen LogP contribution in [0.4, 0.5) is 0 Å². The second-order valence-electron chi connectivity index (χ2n) is 4.02. The molecule has 1 amide bonds. The highest BCUT2D eigenvalue weighted by atomic mass is 35.5. The summed E-state index contributed by atoms with van der Waals surface area (Å²) in [5, 5.41) is 6.67. The van der Waals surface area contributed by atoms with Crippen molar-refractivity contribution in [2.75, 3.05) is 0 Å². The molecule has 0 aromatic carbocycles. The average Bonchev–Trinajstić information content (AvgIpc) is 2.73. The van der Waals surface area contributed by atoms with Crippen molar-refractivity contribution in [1.82, 2.24) is 14.9 Å². The lowest BCUT2D eigenvalue weighted by molar-refractivity contribution is 0.0938. The van der Waals surface area contributed by atoms with E-state index in [1.54, 1.807) is 0 Å². The Bertz CT molecular complexity index is 344. The first kappa shape index (κ1) is 11.8. The molecule has 1 heterocycles.